The van der Waals surface area contributed by atoms with E-state index in [1.807, 2.05) is 0 Å². The number of amides is 1. The van der Waals surface area contributed by atoms with Crippen LogP contribution < -0.4 is 5.32 Å². The molecule has 23 heavy (non-hydrogen) atoms. The Kier molecular flexibility index (Phi) is 7.86. The van der Waals surface area contributed by atoms with Crippen LogP contribution >= 0.6 is 0 Å². The largest absolute Gasteiger partial charge is 0.481 e. The highest BCUT2D eigenvalue weighted by atomic mass is 16.4. The molecule has 0 spiro atoms. The average molecular weight is 324 g/mol. The van der Waals surface area contributed by atoms with Gasteiger partial charge >= 0.3 is 5.97 Å². The molecule has 2 N–H and O–H groups in total. The lowest BCUT2D eigenvalue weighted by Gasteiger charge is -2.32. The molecule has 1 amide bonds. The number of carbonyl (C=O) groups excluding carboxylic acids is 1. The van der Waals surface area contributed by atoms with E-state index in [4.69, 9.17) is 5.11 Å². The molecule has 132 valence electrons. The second-order valence-electron chi connectivity index (χ2n) is 7.29. The van der Waals surface area contributed by atoms with Gasteiger partial charge < -0.3 is 10.4 Å². The maximum Gasteiger partial charge on any atom is 0.303 e. The minimum absolute atomic E-state index is 0.148. The number of hydrogen-bond acceptors (Lipinski definition) is 3. The van der Waals surface area contributed by atoms with Gasteiger partial charge in [0, 0.05) is 19.0 Å². The normalized spacial score (nSPS) is 24.6. The summed E-state index contributed by atoms with van der Waals surface area (Å²) in [6, 6.07) is 0.357. The lowest BCUT2D eigenvalue weighted by molar-refractivity contribution is -0.137. The summed E-state index contributed by atoms with van der Waals surface area (Å²) in [6.07, 6.45) is 11.8. The summed E-state index contributed by atoms with van der Waals surface area (Å²) < 4.78 is 0. The molecule has 2 fully saturated rings. The molecule has 2 aliphatic rings. The average Bonchev–Trinajstić information content (AvgIpc) is 2.48. The van der Waals surface area contributed by atoms with Crippen LogP contribution in [-0.2, 0) is 9.59 Å². The molecule has 1 unspecified atom stereocenters. The van der Waals surface area contributed by atoms with Crippen LogP contribution in [0.5, 0.6) is 0 Å². The van der Waals surface area contributed by atoms with Gasteiger partial charge in [-0.05, 0) is 44.6 Å². The number of piperidine rings is 1. The van der Waals surface area contributed by atoms with Gasteiger partial charge in [0.2, 0.25) is 5.91 Å². The van der Waals surface area contributed by atoms with Gasteiger partial charge in [-0.1, -0.05) is 32.1 Å². The molecular weight excluding hydrogens is 292 g/mol. The third-order valence-corrected chi connectivity index (χ3v) is 5.21. The predicted molar refractivity (Wildman–Crippen MR) is 90.3 cm³/mol. The van der Waals surface area contributed by atoms with E-state index in [0.29, 0.717) is 18.5 Å². The molecule has 0 aromatic rings. The second kappa shape index (κ2) is 9.91. The Morgan fingerprint density at radius 2 is 1.70 bits per heavy atom. The third-order valence-electron chi connectivity index (χ3n) is 5.21. The van der Waals surface area contributed by atoms with Crippen molar-refractivity contribution in [1.82, 2.24) is 10.2 Å². The standard InChI is InChI=1S/C18H32N2O3/c21-17(19-16-8-4-2-1-3-5-9-16)14-20-12-6-7-15(13-20)10-11-18(22)23/h15-16H,1-14H2,(H,19,21)(H,22,23). The molecule has 0 aromatic heterocycles. The maximum absolute atomic E-state index is 12.3. The molecule has 5 heteroatoms. The van der Waals surface area contributed by atoms with E-state index in [2.05, 4.69) is 10.2 Å². The highest BCUT2D eigenvalue weighted by molar-refractivity contribution is 5.78. The van der Waals surface area contributed by atoms with Crippen LogP contribution in [0.2, 0.25) is 0 Å². The molecule has 1 saturated heterocycles. The van der Waals surface area contributed by atoms with E-state index in [9.17, 15) is 9.59 Å². The SMILES string of the molecule is O=C(O)CCC1CCCN(CC(=O)NC2CCCCCCC2)C1. The summed E-state index contributed by atoms with van der Waals surface area (Å²) in [4.78, 5) is 25.2. The number of aliphatic carboxylic acids is 1. The summed E-state index contributed by atoms with van der Waals surface area (Å²) in [5, 5.41) is 12.0. The summed E-state index contributed by atoms with van der Waals surface area (Å²) in [7, 11) is 0. The van der Waals surface area contributed by atoms with Crippen LogP contribution in [0.25, 0.3) is 0 Å². The first kappa shape index (κ1) is 18.2. The van der Waals surface area contributed by atoms with Gasteiger partial charge in [0.25, 0.3) is 0 Å². The Bertz CT molecular complexity index is 378. The van der Waals surface area contributed by atoms with E-state index >= 15 is 0 Å². The topological polar surface area (TPSA) is 69.6 Å². The second-order valence-corrected chi connectivity index (χ2v) is 7.29. The van der Waals surface area contributed by atoms with E-state index in [1.54, 1.807) is 0 Å². The summed E-state index contributed by atoms with van der Waals surface area (Å²) in [6.45, 7) is 2.30. The smallest absolute Gasteiger partial charge is 0.303 e. The minimum atomic E-state index is -0.718. The molecule has 1 atom stereocenters. The van der Waals surface area contributed by atoms with Crippen LogP contribution in [0.4, 0.5) is 0 Å². The molecule has 1 saturated carbocycles. The highest BCUT2D eigenvalue weighted by Gasteiger charge is 2.23. The number of carboxylic acids is 1. The Labute approximate surface area is 139 Å². The Balaban J connectivity index is 1.69. The van der Waals surface area contributed by atoms with Crippen molar-refractivity contribution in [3.8, 4) is 0 Å². The molecule has 1 heterocycles. The molecule has 5 nitrogen and oxygen atoms in total. The first-order chi connectivity index (χ1) is 11.1. The van der Waals surface area contributed by atoms with Crippen LogP contribution in [-0.4, -0.2) is 47.6 Å². The number of rotatable bonds is 6. The molecule has 0 bridgehead atoms. The Hall–Kier alpha value is -1.10. The molecule has 1 aliphatic heterocycles. The molecule has 1 aliphatic carbocycles. The zero-order valence-corrected chi connectivity index (χ0v) is 14.3. The Morgan fingerprint density at radius 1 is 1.00 bits per heavy atom. The molecular formula is C18H32N2O3. The number of likely N-dealkylation sites (tertiary alicyclic amines) is 1. The van der Waals surface area contributed by atoms with Gasteiger partial charge in [-0.15, -0.1) is 0 Å². The molecule has 2 rings (SSSR count). The lowest BCUT2D eigenvalue weighted by Crippen LogP contribution is -2.45. The summed E-state index contributed by atoms with van der Waals surface area (Å²) in [5.74, 6) is -0.146. The first-order valence-electron chi connectivity index (χ1n) is 9.37. The fourth-order valence-corrected chi connectivity index (χ4v) is 3.94. The fraction of sp³-hybridized carbons (Fsp3) is 0.889. The van der Waals surface area contributed by atoms with Crippen molar-refractivity contribution >= 4 is 11.9 Å². The number of carboxylic acid groups (broad SMARTS) is 1. The van der Waals surface area contributed by atoms with Gasteiger partial charge in [-0.2, -0.15) is 0 Å². The maximum atomic E-state index is 12.3. The molecule has 0 radical (unpaired) electrons. The fourth-order valence-electron chi connectivity index (χ4n) is 3.94. The van der Waals surface area contributed by atoms with Gasteiger partial charge in [-0.25, -0.2) is 0 Å². The van der Waals surface area contributed by atoms with E-state index in [0.717, 1.165) is 45.2 Å². The van der Waals surface area contributed by atoms with E-state index < -0.39 is 5.97 Å². The van der Waals surface area contributed by atoms with Crippen LogP contribution in [0.15, 0.2) is 0 Å². The van der Waals surface area contributed by atoms with Gasteiger partial charge in [-0.3, -0.25) is 14.5 Å². The van der Waals surface area contributed by atoms with Crippen molar-refractivity contribution in [1.29, 1.82) is 0 Å². The van der Waals surface area contributed by atoms with Crippen LogP contribution in [0, 0.1) is 5.92 Å². The van der Waals surface area contributed by atoms with Crippen molar-refractivity contribution in [2.75, 3.05) is 19.6 Å². The zero-order valence-electron chi connectivity index (χ0n) is 14.3. The van der Waals surface area contributed by atoms with Gasteiger partial charge in [0.15, 0.2) is 0 Å². The quantitative estimate of drug-likeness (QED) is 0.788. The van der Waals surface area contributed by atoms with Crippen LogP contribution in [0.3, 0.4) is 0 Å². The predicted octanol–water partition coefficient (Wildman–Crippen LogP) is 2.79. The van der Waals surface area contributed by atoms with E-state index in [-0.39, 0.29) is 12.3 Å². The minimum Gasteiger partial charge on any atom is -0.481 e. The van der Waals surface area contributed by atoms with Crippen molar-refractivity contribution < 1.29 is 14.7 Å². The van der Waals surface area contributed by atoms with Gasteiger partial charge in [0.05, 0.1) is 6.54 Å². The van der Waals surface area contributed by atoms with Crippen LogP contribution in [0.1, 0.15) is 70.6 Å². The Morgan fingerprint density at radius 3 is 2.39 bits per heavy atom. The first-order valence-corrected chi connectivity index (χ1v) is 9.37. The molecule has 0 aromatic carbocycles. The number of nitrogens with one attached hydrogen (secondary N) is 1. The van der Waals surface area contributed by atoms with Crippen molar-refractivity contribution in [3.05, 3.63) is 0 Å². The number of hydrogen-bond donors (Lipinski definition) is 2. The number of nitrogens with zero attached hydrogens (tertiary/aromatic N) is 1. The van der Waals surface area contributed by atoms with Crippen molar-refractivity contribution in [3.63, 3.8) is 0 Å². The van der Waals surface area contributed by atoms with Crippen molar-refractivity contribution in [2.24, 2.45) is 5.92 Å². The van der Waals surface area contributed by atoms with E-state index in [1.165, 1.54) is 32.1 Å². The van der Waals surface area contributed by atoms with Gasteiger partial charge in [0.1, 0.15) is 0 Å². The monoisotopic (exact) mass is 324 g/mol. The lowest BCUT2D eigenvalue weighted by atomic mass is 9.93. The summed E-state index contributed by atoms with van der Waals surface area (Å²) in [5.41, 5.74) is 0. The zero-order chi connectivity index (χ0) is 16.5. The third kappa shape index (κ3) is 7.34. The van der Waals surface area contributed by atoms with Crippen molar-refractivity contribution in [2.45, 2.75) is 76.7 Å². The summed E-state index contributed by atoms with van der Waals surface area (Å²) >= 11 is 0. The highest BCUT2D eigenvalue weighted by Crippen LogP contribution is 2.21. The number of carbonyl (C=O) groups is 2.